The highest BCUT2D eigenvalue weighted by Crippen LogP contribution is 2.32. The van der Waals surface area contributed by atoms with E-state index < -0.39 is 0 Å². The molecule has 0 bridgehead atoms. The van der Waals surface area contributed by atoms with Crippen LogP contribution in [0.2, 0.25) is 0 Å². The summed E-state index contributed by atoms with van der Waals surface area (Å²) in [5, 5.41) is 6.72. The highest BCUT2D eigenvalue weighted by atomic mass is 16.5. The number of nitrogens with one attached hydrogen (secondary N) is 2. The molecule has 0 radical (unpaired) electrons. The first-order valence-corrected chi connectivity index (χ1v) is 10.2. The van der Waals surface area contributed by atoms with Crippen LogP contribution in [0.1, 0.15) is 35.3 Å². The molecule has 0 saturated carbocycles. The molecule has 0 spiro atoms. The number of nitrogens with zero attached hydrogens (tertiary/aromatic N) is 2. The third-order valence-corrected chi connectivity index (χ3v) is 5.15. The summed E-state index contributed by atoms with van der Waals surface area (Å²) in [6.45, 7) is 5.61. The second-order valence-corrected chi connectivity index (χ2v) is 8.13. The number of guanidine groups is 1. The molecule has 168 valence electrons. The van der Waals surface area contributed by atoms with Crippen molar-refractivity contribution in [3.8, 4) is 11.5 Å². The van der Waals surface area contributed by atoms with E-state index in [0.717, 1.165) is 11.1 Å². The Kier molecular flexibility index (Phi) is 8.30. The van der Waals surface area contributed by atoms with Gasteiger partial charge in [-0.1, -0.05) is 32.0 Å². The lowest BCUT2D eigenvalue weighted by Gasteiger charge is -2.27. The summed E-state index contributed by atoms with van der Waals surface area (Å²) in [4.78, 5) is 17.9. The number of amides is 1. The third kappa shape index (κ3) is 6.38. The van der Waals surface area contributed by atoms with Gasteiger partial charge in [0.15, 0.2) is 17.5 Å². The van der Waals surface area contributed by atoms with Gasteiger partial charge >= 0.3 is 0 Å². The molecule has 0 fully saturated rings. The maximum atomic E-state index is 12.0. The normalized spacial score (nSPS) is 11.6. The third-order valence-electron chi connectivity index (χ3n) is 5.15. The molecule has 0 saturated heterocycles. The van der Waals surface area contributed by atoms with Crippen LogP contribution in [0.25, 0.3) is 0 Å². The van der Waals surface area contributed by atoms with Crippen molar-refractivity contribution < 1.29 is 14.3 Å². The van der Waals surface area contributed by atoms with Crippen LogP contribution in [0.4, 0.5) is 0 Å². The van der Waals surface area contributed by atoms with Gasteiger partial charge in [-0.25, -0.2) is 0 Å². The first-order valence-electron chi connectivity index (χ1n) is 10.2. The molecular weight excluding hydrogens is 392 g/mol. The number of rotatable bonds is 8. The number of methoxy groups -OCH3 is 2. The Morgan fingerprint density at radius 1 is 1.00 bits per heavy atom. The number of benzene rings is 2. The second kappa shape index (κ2) is 10.7. The van der Waals surface area contributed by atoms with Crippen LogP contribution in [0.15, 0.2) is 47.5 Å². The molecule has 0 heterocycles. The van der Waals surface area contributed by atoms with Crippen molar-refractivity contribution in [2.45, 2.75) is 25.8 Å². The molecule has 2 rings (SSSR count). The zero-order chi connectivity index (χ0) is 23.0. The molecule has 0 aliphatic carbocycles. The predicted octanol–water partition coefficient (Wildman–Crippen LogP) is 3.05. The van der Waals surface area contributed by atoms with Crippen molar-refractivity contribution in [1.29, 1.82) is 0 Å². The van der Waals surface area contributed by atoms with Crippen LogP contribution in [-0.2, 0) is 12.0 Å². The second-order valence-electron chi connectivity index (χ2n) is 8.13. The summed E-state index contributed by atoms with van der Waals surface area (Å²) in [5.74, 6) is 2.13. The van der Waals surface area contributed by atoms with Gasteiger partial charge in [0.25, 0.3) is 5.91 Å². The maximum absolute atomic E-state index is 12.0. The minimum Gasteiger partial charge on any atom is -0.493 e. The number of carbonyl (C=O) groups is 1. The molecule has 0 aliphatic rings. The van der Waals surface area contributed by atoms with Gasteiger partial charge in [0, 0.05) is 45.2 Å². The van der Waals surface area contributed by atoms with Crippen LogP contribution < -0.4 is 20.1 Å². The molecule has 0 aromatic heterocycles. The van der Waals surface area contributed by atoms with Crippen molar-refractivity contribution in [1.82, 2.24) is 15.5 Å². The number of hydrogen-bond donors (Lipinski definition) is 2. The highest BCUT2D eigenvalue weighted by molar-refractivity contribution is 5.93. The highest BCUT2D eigenvalue weighted by Gasteiger charge is 2.22. The first kappa shape index (κ1) is 24.1. The topological polar surface area (TPSA) is 75.2 Å². The maximum Gasteiger partial charge on any atom is 0.253 e. The van der Waals surface area contributed by atoms with Gasteiger partial charge in [-0.15, -0.1) is 0 Å². The Morgan fingerprint density at radius 3 is 2.19 bits per heavy atom. The zero-order valence-corrected chi connectivity index (χ0v) is 19.6. The van der Waals surface area contributed by atoms with Gasteiger partial charge in [-0.2, -0.15) is 0 Å². The van der Waals surface area contributed by atoms with Gasteiger partial charge < -0.3 is 25.0 Å². The molecule has 1 amide bonds. The summed E-state index contributed by atoms with van der Waals surface area (Å²) in [6.07, 6.45) is 0. The standard InChI is InChI=1S/C24H34N4O3/c1-24(2,19-12-13-20(30-6)21(14-19)31-7)16-27-23(25-3)26-15-17-8-10-18(11-9-17)22(29)28(4)5/h8-14H,15-16H2,1-7H3,(H2,25,26,27). The number of aliphatic imine (C=N–C) groups is 1. The van der Waals surface area contributed by atoms with Crippen molar-refractivity contribution in [2.75, 3.05) is 41.9 Å². The van der Waals surface area contributed by atoms with Gasteiger partial charge in [0.2, 0.25) is 0 Å². The molecule has 0 unspecified atom stereocenters. The first-order chi connectivity index (χ1) is 14.7. The minimum atomic E-state index is -0.161. The molecule has 2 aromatic carbocycles. The SMILES string of the molecule is CN=C(NCc1ccc(C(=O)N(C)C)cc1)NCC(C)(C)c1ccc(OC)c(OC)c1. The quantitative estimate of drug-likeness (QED) is 0.501. The van der Waals surface area contributed by atoms with E-state index in [1.54, 1.807) is 40.3 Å². The summed E-state index contributed by atoms with van der Waals surface area (Å²) in [6, 6.07) is 13.6. The molecule has 7 nitrogen and oxygen atoms in total. The van der Waals surface area contributed by atoms with Crippen LogP contribution in [0.3, 0.4) is 0 Å². The lowest BCUT2D eigenvalue weighted by atomic mass is 9.84. The zero-order valence-electron chi connectivity index (χ0n) is 19.6. The van der Waals surface area contributed by atoms with E-state index in [-0.39, 0.29) is 11.3 Å². The molecule has 7 heteroatoms. The van der Waals surface area contributed by atoms with Crippen LogP contribution in [0.5, 0.6) is 11.5 Å². The van der Waals surface area contributed by atoms with Crippen molar-refractivity contribution in [2.24, 2.45) is 4.99 Å². The van der Waals surface area contributed by atoms with E-state index in [9.17, 15) is 4.79 Å². The Morgan fingerprint density at radius 2 is 1.65 bits per heavy atom. The van der Waals surface area contributed by atoms with E-state index in [2.05, 4.69) is 35.5 Å². The van der Waals surface area contributed by atoms with Gasteiger partial charge in [0.1, 0.15) is 0 Å². The van der Waals surface area contributed by atoms with E-state index >= 15 is 0 Å². The van der Waals surface area contributed by atoms with Crippen LogP contribution >= 0.6 is 0 Å². The fourth-order valence-electron chi connectivity index (χ4n) is 3.09. The Bertz CT molecular complexity index is 906. The molecular formula is C24H34N4O3. The monoisotopic (exact) mass is 426 g/mol. The Balaban J connectivity index is 1.96. The Hall–Kier alpha value is -3.22. The van der Waals surface area contributed by atoms with E-state index in [0.29, 0.717) is 36.1 Å². The van der Waals surface area contributed by atoms with E-state index in [4.69, 9.17) is 9.47 Å². The van der Waals surface area contributed by atoms with E-state index in [1.165, 1.54) is 0 Å². The average molecular weight is 427 g/mol. The van der Waals surface area contributed by atoms with Gasteiger partial charge in [-0.3, -0.25) is 9.79 Å². The van der Waals surface area contributed by atoms with Crippen molar-refractivity contribution >= 4 is 11.9 Å². The fourth-order valence-corrected chi connectivity index (χ4v) is 3.09. The van der Waals surface area contributed by atoms with Crippen LogP contribution in [-0.4, -0.2) is 58.7 Å². The number of hydrogen-bond acceptors (Lipinski definition) is 4. The number of ether oxygens (including phenoxy) is 2. The smallest absolute Gasteiger partial charge is 0.253 e. The molecule has 0 aliphatic heterocycles. The molecule has 2 aromatic rings. The fraction of sp³-hybridized carbons (Fsp3) is 0.417. The summed E-state index contributed by atoms with van der Waals surface area (Å²) in [5.41, 5.74) is 2.71. The lowest BCUT2D eigenvalue weighted by Crippen LogP contribution is -2.43. The van der Waals surface area contributed by atoms with Crippen molar-refractivity contribution in [3.05, 3.63) is 59.2 Å². The Labute approximate surface area is 185 Å². The minimum absolute atomic E-state index is 0.00520. The molecule has 31 heavy (non-hydrogen) atoms. The van der Waals surface area contributed by atoms with Gasteiger partial charge in [-0.05, 0) is 35.4 Å². The van der Waals surface area contributed by atoms with E-state index in [1.807, 2.05) is 36.4 Å². The summed E-state index contributed by atoms with van der Waals surface area (Å²) < 4.78 is 10.8. The molecule has 0 atom stereocenters. The van der Waals surface area contributed by atoms with Gasteiger partial charge in [0.05, 0.1) is 14.2 Å². The number of carbonyl (C=O) groups excluding carboxylic acids is 1. The van der Waals surface area contributed by atoms with Crippen molar-refractivity contribution in [3.63, 3.8) is 0 Å². The lowest BCUT2D eigenvalue weighted by molar-refractivity contribution is 0.0827. The predicted molar refractivity (Wildman–Crippen MR) is 125 cm³/mol. The van der Waals surface area contributed by atoms with Crippen LogP contribution in [0, 0.1) is 0 Å². The summed E-state index contributed by atoms with van der Waals surface area (Å²) >= 11 is 0. The largest absolute Gasteiger partial charge is 0.493 e. The summed E-state index contributed by atoms with van der Waals surface area (Å²) in [7, 11) is 8.51. The average Bonchev–Trinajstić information content (AvgIpc) is 2.78. The molecule has 2 N–H and O–H groups in total.